The van der Waals surface area contributed by atoms with Crippen LogP contribution in [0.3, 0.4) is 0 Å². The Labute approximate surface area is 179 Å². The molecule has 1 aliphatic heterocycles. The van der Waals surface area contributed by atoms with Gasteiger partial charge in [-0.2, -0.15) is 16.7 Å². The summed E-state index contributed by atoms with van der Waals surface area (Å²) in [6, 6.07) is 4.92. The Hall–Kier alpha value is -2.30. The van der Waals surface area contributed by atoms with Crippen LogP contribution in [0.1, 0.15) is 0 Å². The number of halogens is 1. The smallest absolute Gasteiger partial charge is 0.273 e. The number of fused-ring (bicyclic) bond motifs is 1. The highest BCUT2D eigenvalue weighted by atomic mass is 35.5. The number of ether oxygens (including phenoxy) is 1. The number of aromatic nitrogens is 3. The second-order valence-corrected chi connectivity index (χ2v) is 8.96. The zero-order valence-corrected chi connectivity index (χ0v) is 17.9. The predicted octanol–water partition coefficient (Wildman–Crippen LogP) is 2.71. The third-order valence-electron chi connectivity index (χ3n) is 4.40. The van der Waals surface area contributed by atoms with Gasteiger partial charge in [-0.15, -0.1) is 0 Å². The maximum absolute atomic E-state index is 12.8. The Morgan fingerprint density at radius 3 is 2.90 bits per heavy atom. The molecule has 1 saturated heterocycles. The lowest BCUT2D eigenvalue weighted by Crippen LogP contribution is -2.32. The molecule has 0 spiro atoms. The fraction of sp³-hybridized carbons (Fsp3) is 0.333. The minimum absolute atomic E-state index is 0.176. The fourth-order valence-electron chi connectivity index (χ4n) is 2.96. The van der Waals surface area contributed by atoms with Crippen molar-refractivity contribution in [3.63, 3.8) is 0 Å². The molecule has 0 unspecified atom stereocenters. The van der Waals surface area contributed by atoms with Crippen LogP contribution in [0.4, 0.5) is 10.8 Å². The SMILES string of the molecule is COc1ccc(Cl)cc1NC(=O)Cn1cnc2nc(N3CCSCC3)sc2c1=O. The van der Waals surface area contributed by atoms with E-state index in [0.717, 1.165) is 29.7 Å². The van der Waals surface area contributed by atoms with Gasteiger partial charge >= 0.3 is 0 Å². The minimum Gasteiger partial charge on any atom is -0.495 e. The van der Waals surface area contributed by atoms with Crippen LogP contribution in [-0.4, -0.2) is 52.1 Å². The number of rotatable bonds is 5. The number of nitrogens with zero attached hydrogens (tertiary/aromatic N) is 4. The Kier molecular flexibility index (Phi) is 5.93. The molecule has 1 N–H and O–H groups in total. The molecule has 1 fully saturated rings. The van der Waals surface area contributed by atoms with E-state index in [2.05, 4.69) is 20.2 Å². The van der Waals surface area contributed by atoms with Gasteiger partial charge in [-0.3, -0.25) is 14.2 Å². The largest absolute Gasteiger partial charge is 0.495 e. The molecule has 0 atom stereocenters. The van der Waals surface area contributed by atoms with Gasteiger partial charge in [0.05, 0.1) is 12.8 Å². The van der Waals surface area contributed by atoms with E-state index in [-0.39, 0.29) is 18.0 Å². The Balaban J connectivity index is 1.55. The monoisotopic (exact) mass is 451 g/mol. The number of thiazole rings is 1. The first-order valence-electron chi connectivity index (χ1n) is 8.87. The molecule has 0 saturated carbocycles. The molecule has 0 bridgehead atoms. The van der Waals surface area contributed by atoms with Gasteiger partial charge in [-0.25, -0.2) is 4.98 Å². The molecule has 11 heteroatoms. The molecule has 3 aromatic rings. The molecule has 0 aliphatic carbocycles. The summed E-state index contributed by atoms with van der Waals surface area (Å²) >= 11 is 9.22. The summed E-state index contributed by atoms with van der Waals surface area (Å²) in [6.45, 7) is 1.64. The zero-order valence-electron chi connectivity index (χ0n) is 15.6. The summed E-state index contributed by atoms with van der Waals surface area (Å²) in [5, 5.41) is 3.99. The molecule has 1 amide bonds. The number of carbonyl (C=O) groups excluding carboxylic acids is 1. The summed E-state index contributed by atoms with van der Waals surface area (Å²) in [6.07, 6.45) is 1.36. The summed E-state index contributed by atoms with van der Waals surface area (Å²) in [7, 11) is 1.50. The third-order valence-corrected chi connectivity index (χ3v) is 6.67. The van der Waals surface area contributed by atoms with Crippen molar-refractivity contribution in [2.24, 2.45) is 0 Å². The standard InChI is InChI=1S/C18H18ClN5O3S2/c1-27-13-3-2-11(19)8-12(13)21-14(25)9-24-10-20-16-15(17(24)26)29-18(22-16)23-4-6-28-7-5-23/h2-3,8,10H,4-7,9H2,1H3,(H,21,25). The highest BCUT2D eigenvalue weighted by Crippen LogP contribution is 2.28. The average Bonchev–Trinajstić information content (AvgIpc) is 3.16. The van der Waals surface area contributed by atoms with E-state index in [1.165, 1.54) is 29.3 Å². The Bertz CT molecular complexity index is 1110. The van der Waals surface area contributed by atoms with Crippen molar-refractivity contribution in [2.45, 2.75) is 6.54 Å². The summed E-state index contributed by atoms with van der Waals surface area (Å²) in [5.74, 6) is 2.18. The molecule has 1 aliphatic rings. The number of nitrogens with one attached hydrogen (secondary N) is 1. The number of amides is 1. The van der Waals surface area contributed by atoms with E-state index in [1.807, 2.05) is 11.8 Å². The molecule has 152 valence electrons. The molecule has 8 nitrogen and oxygen atoms in total. The Morgan fingerprint density at radius 2 is 2.14 bits per heavy atom. The number of hydrogen-bond acceptors (Lipinski definition) is 8. The fourth-order valence-corrected chi connectivity index (χ4v) is 5.06. The van der Waals surface area contributed by atoms with Crippen molar-refractivity contribution in [3.8, 4) is 5.75 Å². The zero-order chi connectivity index (χ0) is 20.4. The summed E-state index contributed by atoms with van der Waals surface area (Å²) < 4.78 is 6.96. The van der Waals surface area contributed by atoms with E-state index in [9.17, 15) is 9.59 Å². The van der Waals surface area contributed by atoms with Crippen LogP contribution in [0.2, 0.25) is 5.02 Å². The van der Waals surface area contributed by atoms with Gasteiger partial charge in [0.15, 0.2) is 10.8 Å². The number of methoxy groups -OCH3 is 1. The van der Waals surface area contributed by atoms with Crippen LogP contribution >= 0.6 is 34.7 Å². The lowest BCUT2D eigenvalue weighted by molar-refractivity contribution is -0.116. The second-order valence-electron chi connectivity index (χ2n) is 6.32. The minimum atomic E-state index is -0.383. The molecule has 1 aromatic carbocycles. The molecular formula is C18H18ClN5O3S2. The molecule has 4 rings (SSSR count). The van der Waals surface area contributed by atoms with E-state index >= 15 is 0 Å². The van der Waals surface area contributed by atoms with Crippen LogP contribution in [0.25, 0.3) is 10.3 Å². The van der Waals surface area contributed by atoms with Gasteiger partial charge in [-0.1, -0.05) is 22.9 Å². The van der Waals surface area contributed by atoms with Crippen molar-refractivity contribution in [1.29, 1.82) is 0 Å². The quantitative estimate of drug-likeness (QED) is 0.637. The first kappa shape index (κ1) is 20.0. The molecule has 0 radical (unpaired) electrons. The average molecular weight is 452 g/mol. The van der Waals surface area contributed by atoms with E-state index in [4.69, 9.17) is 16.3 Å². The maximum atomic E-state index is 12.8. The van der Waals surface area contributed by atoms with Crippen LogP contribution in [-0.2, 0) is 11.3 Å². The van der Waals surface area contributed by atoms with Gasteiger partial charge in [0.1, 0.15) is 23.3 Å². The summed E-state index contributed by atoms with van der Waals surface area (Å²) in [5.41, 5.74) is 0.579. The second kappa shape index (κ2) is 8.60. The number of benzene rings is 1. The lowest BCUT2D eigenvalue weighted by Gasteiger charge is -2.25. The van der Waals surface area contributed by atoms with Gasteiger partial charge in [0.2, 0.25) is 5.91 Å². The van der Waals surface area contributed by atoms with Crippen LogP contribution < -0.4 is 20.5 Å². The van der Waals surface area contributed by atoms with Crippen LogP contribution in [0, 0.1) is 0 Å². The molecule has 3 heterocycles. The number of hydrogen-bond donors (Lipinski definition) is 1. The van der Waals surface area contributed by atoms with Crippen LogP contribution in [0.15, 0.2) is 29.3 Å². The van der Waals surface area contributed by atoms with Gasteiger partial charge in [0.25, 0.3) is 5.56 Å². The molecule has 29 heavy (non-hydrogen) atoms. The van der Waals surface area contributed by atoms with Crippen molar-refractivity contribution in [3.05, 3.63) is 39.9 Å². The number of anilines is 2. The molecule has 2 aromatic heterocycles. The molecular weight excluding hydrogens is 434 g/mol. The topological polar surface area (TPSA) is 89.3 Å². The van der Waals surface area contributed by atoms with Crippen molar-refractivity contribution in [2.75, 3.05) is 41.9 Å². The lowest BCUT2D eigenvalue weighted by atomic mass is 10.3. The van der Waals surface area contributed by atoms with Crippen molar-refractivity contribution in [1.82, 2.24) is 14.5 Å². The van der Waals surface area contributed by atoms with Crippen LogP contribution in [0.5, 0.6) is 5.75 Å². The van der Waals surface area contributed by atoms with E-state index in [0.29, 0.717) is 26.8 Å². The van der Waals surface area contributed by atoms with Gasteiger partial charge in [0, 0.05) is 29.6 Å². The highest BCUT2D eigenvalue weighted by Gasteiger charge is 2.19. The van der Waals surface area contributed by atoms with Gasteiger partial charge < -0.3 is 15.0 Å². The normalized spacial score (nSPS) is 14.2. The van der Waals surface area contributed by atoms with E-state index < -0.39 is 0 Å². The number of carbonyl (C=O) groups is 1. The van der Waals surface area contributed by atoms with E-state index in [1.54, 1.807) is 18.2 Å². The van der Waals surface area contributed by atoms with Crippen molar-refractivity contribution >= 4 is 61.8 Å². The third kappa shape index (κ3) is 4.34. The number of thioether (sulfide) groups is 1. The highest BCUT2D eigenvalue weighted by molar-refractivity contribution is 7.99. The predicted molar refractivity (Wildman–Crippen MR) is 118 cm³/mol. The first-order chi connectivity index (χ1) is 14.0. The maximum Gasteiger partial charge on any atom is 0.273 e. The van der Waals surface area contributed by atoms with Crippen molar-refractivity contribution < 1.29 is 9.53 Å². The van der Waals surface area contributed by atoms with Gasteiger partial charge in [-0.05, 0) is 18.2 Å². The first-order valence-corrected chi connectivity index (χ1v) is 11.2. The Morgan fingerprint density at radius 1 is 1.34 bits per heavy atom. The summed E-state index contributed by atoms with van der Waals surface area (Å²) in [4.78, 5) is 36.3.